The number of likely N-dealkylation sites (tertiary alicyclic amines) is 1. The van der Waals surface area contributed by atoms with Crippen LogP contribution in [0.3, 0.4) is 0 Å². The van der Waals surface area contributed by atoms with E-state index in [9.17, 15) is 9.59 Å². The molecule has 0 saturated carbocycles. The van der Waals surface area contributed by atoms with Gasteiger partial charge in [0.15, 0.2) is 0 Å². The van der Waals surface area contributed by atoms with Crippen LogP contribution in [0.2, 0.25) is 10.2 Å². The third-order valence-electron chi connectivity index (χ3n) is 3.63. The van der Waals surface area contributed by atoms with E-state index >= 15 is 0 Å². The minimum atomic E-state index is -0.201. The molecule has 2 heterocycles. The summed E-state index contributed by atoms with van der Waals surface area (Å²) >= 11 is 11.6. The van der Waals surface area contributed by atoms with Gasteiger partial charge in [-0.1, -0.05) is 23.2 Å². The van der Waals surface area contributed by atoms with Crippen LogP contribution in [0.25, 0.3) is 0 Å². The summed E-state index contributed by atoms with van der Waals surface area (Å²) in [6.45, 7) is 1.22. The molecule has 7 heteroatoms. The average molecular weight is 331 g/mol. The van der Waals surface area contributed by atoms with Crippen LogP contribution in [0.15, 0.2) is 12.3 Å². The van der Waals surface area contributed by atoms with Crippen molar-refractivity contribution >= 4 is 35.1 Å². The number of nitrogens with zero attached hydrogens (tertiary/aromatic N) is 2. The van der Waals surface area contributed by atoms with Gasteiger partial charge in [0, 0.05) is 25.7 Å². The topological polar surface area (TPSA) is 59.5 Å². The fourth-order valence-corrected chi connectivity index (χ4v) is 2.65. The van der Waals surface area contributed by atoms with Crippen LogP contribution in [-0.4, -0.2) is 42.0 Å². The number of aromatic nitrogens is 1. The number of methoxy groups -OCH3 is 1. The van der Waals surface area contributed by atoms with Crippen molar-refractivity contribution in [3.63, 3.8) is 0 Å². The molecule has 0 bridgehead atoms. The number of rotatable bonds is 3. The molecule has 114 valence electrons. The van der Waals surface area contributed by atoms with Gasteiger partial charge in [0.2, 0.25) is 0 Å². The molecule has 2 rings (SSSR count). The zero-order valence-electron chi connectivity index (χ0n) is 11.6. The van der Waals surface area contributed by atoms with Crippen LogP contribution in [0.4, 0.5) is 0 Å². The third kappa shape index (κ3) is 4.08. The van der Waals surface area contributed by atoms with Crippen molar-refractivity contribution in [3.8, 4) is 0 Å². The molecule has 1 aliphatic heterocycles. The van der Waals surface area contributed by atoms with Crippen molar-refractivity contribution < 1.29 is 14.3 Å². The number of ether oxygens (including phenoxy) is 1. The molecule has 0 atom stereocenters. The summed E-state index contributed by atoms with van der Waals surface area (Å²) in [4.78, 5) is 29.2. The lowest BCUT2D eigenvalue weighted by molar-refractivity contribution is -0.142. The van der Waals surface area contributed by atoms with E-state index in [1.54, 1.807) is 4.90 Å². The highest BCUT2D eigenvalue weighted by Crippen LogP contribution is 2.24. The maximum Gasteiger partial charge on any atom is 0.305 e. The lowest BCUT2D eigenvalue weighted by Crippen LogP contribution is -2.39. The van der Waals surface area contributed by atoms with Gasteiger partial charge >= 0.3 is 5.97 Å². The summed E-state index contributed by atoms with van der Waals surface area (Å²) in [5.74, 6) is -0.0422. The van der Waals surface area contributed by atoms with Crippen molar-refractivity contribution in [1.29, 1.82) is 0 Å². The van der Waals surface area contributed by atoms with Crippen LogP contribution < -0.4 is 0 Å². The molecular weight excluding hydrogens is 315 g/mol. The highest BCUT2D eigenvalue weighted by Gasteiger charge is 2.25. The molecule has 1 saturated heterocycles. The van der Waals surface area contributed by atoms with Gasteiger partial charge in [0.25, 0.3) is 5.91 Å². The molecule has 0 N–H and O–H groups in total. The Morgan fingerprint density at radius 1 is 1.38 bits per heavy atom. The Morgan fingerprint density at radius 2 is 2.05 bits per heavy atom. The number of carbonyl (C=O) groups is 2. The predicted molar refractivity (Wildman–Crippen MR) is 79.5 cm³/mol. The fourth-order valence-electron chi connectivity index (χ4n) is 2.38. The van der Waals surface area contributed by atoms with E-state index < -0.39 is 0 Å². The minimum Gasteiger partial charge on any atom is -0.469 e. The van der Waals surface area contributed by atoms with E-state index in [1.807, 2.05) is 0 Å². The molecule has 21 heavy (non-hydrogen) atoms. The number of esters is 1. The number of hydrogen-bond acceptors (Lipinski definition) is 4. The molecule has 0 spiro atoms. The van der Waals surface area contributed by atoms with Gasteiger partial charge in [-0.3, -0.25) is 9.59 Å². The summed E-state index contributed by atoms with van der Waals surface area (Å²) in [5.41, 5.74) is 0.427. The van der Waals surface area contributed by atoms with Gasteiger partial charge in [0.05, 0.1) is 17.7 Å². The van der Waals surface area contributed by atoms with E-state index in [-0.39, 0.29) is 28.0 Å². The van der Waals surface area contributed by atoms with Crippen molar-refractivity contribution in [2.45, 2.75) is 19.3 Å². The van der Waals surface area contributed by atoms with E-state index in [2.05, 4.69) is 9.72 Å². The van der Waals surface area contributed by atoms with Crippen LogP contribution in [0.5, 0.6) is 0 Å². The zero-order chi connectivity index (χ0) is 15.4. The second-order valence-electron chi connectivity index (χ2n) is 5.01. The first-order valence-corrected chi connectivity index (χ1v) is 7.44. The monoisotopic (exact) mass is 330 g/mol. The molecule has 5 nitrogen and oxygen atoms in total. The van der Waals surface area contributed by atoms with Crippen molar-refractivity contribution in [3.05, 3.63) is 28.0 Å². The Labute approximate surface area is 133 Å². The second-order valence-corrected chi connectivity index (χ2v) is 5.78. The quantitative estimate of drug-likeness (QED) is 0.631. The van der Waals surface area contributed by atoms with Crippen LogP contribution >= 0.6 is 23.2 Å². The van der Waals surface area contributed by atoms with E-state index in [1.165, 1.54) is 19.4 Å². The zero-order valence-corrected chi connectivity index (χ0v) is 13.2. The molecule has 1 aromatic rings. The van der Waals surface area contributed by atoms with E-state index in [0.29, 0.717) is 25.1 Å². The Bertz CT molecular complexity index is 543. The summed E-state index contributed by atoms with van der Waals surface area (Å²) in [5, 5.41) is 0.452. The molecule has 0 unspecified atom stereocenters. The first-order valence-electron chi connectivity index (χ1n) is 6.68. The Balaban J connectivity index is 1.93. The van der Waals surface area contributed by atoms with Gasteiger partial charge in [0.1, 0.15) is 5.15 Å². The van der Waals surface area contributed by atoms with Gasteiger partial charge in [-0.25, -0.2) is 4.98 Å². The Kier molecular flexibility index (Phi) is 5.42. The van der Waals surface area contributed by atoms with E-state index in [4.69, 9.17) is 23.2 Å². The molecule has 0 aromatic carbocycles. The van der Waals surface area contributed by atoms with Crippen LogP contribution in [0.1, 0.15) is 29.6 Å². The molecule has 0 aliphatic carbocycles. The second kappa shape index (κ2) is 7.09. The molecule has 0 radical (unpaired) electrons. The lowest BCUT2D eigenvalue weighted by Gasteiger charge is -2.31. The summed E-state index contributed by atoms with van der Waals surface area (Å²) < 4.78 is 4.67. The minimum absolute atomic E-state index is 0.113. The van der Waals surface area contributed by atoms with Crippen molar-refractivity contribution in [2.24, 2.45) is 5.92 Å². The van der Waals surface area contributed by atoms with Gasteiger partial charge in [-0.2, -0.15) is 0 Å². The number of carbonyl (C=O) groups excluding carboxylic acids is 2. The number of hydrogen-bond donors (Lipinski definition) is 0. The number of pyridine rings is 1. The number of amides is 1. The van der Waals surface area contributed by atoms with Gasteiger partial charge < -0.3 is 9.64 Å². The predicted octanol–water partition coefficient (Wildman–Crippen LogP) is 2.80. The maximum absolute atomic E-state index is 12.3. The molecule has 1 aliphatic rings. The first-order chi connectivity index (χ1) is 10.0. The SMILES string of the molecule is COC(=O)CC1CCN(C(=O)c2cnc(Cl)c(Cl)c2)CC1. The van der Waals surface area contributed by atoms with Gasteiger partial charge in [-0.15, -0.1) is 0 Å². The fraction of sp³-hybridized carbons (Fsp3) is 0.500. The normalized spacial score (nSPS) is 15.9. The standard InChI is InChI=1S/C14H16Cl2N2O3/c1-21-12(19)6-9-2-4-18(5-3-9)14(20)10-7-11(15)13(16)17-8-10/h7-9H,2-6H2,1H3. The van der Waals surface area contributed by atoms with Crippen molar-refractivity contribution in [1.82, 2.24) is 9.88 Å². The molecule has 1 fully saturated rings. The molecular formula is C14H16Cl2N2O3. The van der Waals surface area contributed by atoms with Crippen LogP contribution in [-0.2, 0) is 9.53 Å². The Hall–Kier alpha value is -1.33. The summed E-state index contributed by atoms with van der Waals surface area (Å²) in [6.07, 6.45) is 3.41. The number of halogens is 2. The van der Waals surface area contributed by atoms with Crippen molar-refractivity contribution in [2.75, 3.05) is 20.2 Å². The summed E-state index contributed by atoms with van der Waals surface area (Å²) in [7, 11) is 1.39. The largest absolute Gasteiger partial charge is 0.469 e. The van der Waals surface area contributed by atoms with E-state index in [0.717, 1.165) is 12.8 Å². The highest BCUT2D eigenvalue weighted by atomic mass is 35.5. The van der Waals surface area contributed by atoms with Crippen LogP contribution in [0, 0.1) is 5.92 Å². The average Bonchev–Trinajstić information content (AvgIpc) is 2.50. The first kappa shape index (κ1) is 16.0. The lowest BCUT2D eigenvalue weighted by atomic mass is 9.93. The van der Waals surface area contributed by atoms with Gasteiger partial charge in [-0.05, 0) is 24.8 Å². The highest BCUT2D eigenvalue weighted by molar-refractivity contribution is 6.41. The Morgan fingerprint density at radius 3 is 2.62 bits per heavy atom. The molecule has 1 amide bonds. The maximum atomic E-state index is 12.3. The molecule has 1 aromatic heterocycles. The smallest absolute Gasteiger partial charge is 0.305 e. The third-order valence-corrected chi connectivity index (χ3v) is 4.31. The number of piperidine rings is 1. The summed E-state index contributed by atoms with van der Waals surface area (Å²) in [6, 6.07) is 1.53.